The summed E-state index contributed by atoms with van der Waals surface area (Å²) in [5, 5.41) is 21.7. The van der Waals surface area contributed by atoms with Gasteiger partial charge in [0.2, 0.25) is 29.5 Å². The Kier molecular flexibility index (Phi) is 17.8. The average Bonchev–Trinajstić information content (AvgIpc) is 3.04. The first-order chi connectivity index (χ1) is 22.7. The Morgan fingerprint density at radius 1 is 0.833 bits per heavy atom. The predicted octanol–water partition coefficient (Wildman–Crippen LogP) is 1.41. The van der Waals surface area contributed by atoms with E-state index in [9.17, 15) is 29.1 Å². The molecule has 48 heavy (non-hydrogen) atoms. The first-order valence-electron chi connectivity index (χ1n) is 18.4. The molecule has 1 unspecified atom stereocenters. The van der Waals surface area contributed by atoms with Crippen LogP contribution in [0.25, 0.3) is 0 Å². The maximum absolute atomic E-state index is 14.5. The van der Waals surface area contributed by atoms with Crippen molar-refractivity contribution in [3.63, 3.8) is 0 Å². The van der Waals surface area contributed by atoms with Gasteiger partial charge in [0, 0.05) is 26.2 Å². The number of unbranched alkanes of at least 4 members (excludes halogenated alkanes) is 2. The van der Waals surface area contributed by atoms with E-state index >= 15 is 0 Å². The van der Waals surface area contributed by atoms with E-state index in [0.717, 1.165) is 57.8 Å². The van der Waals surface area contributed by atoms with Crippen LogP contribution in [-0.4, -0.2) is 113 Å². The van der Waals surface area contributed by atoms with E-state index in [4.69, 9.17) is 5.73 Å². The van der Waals surface area contributed by atoms with E-state index in [-0.39, 0.29) is 24.3 Å². The van der Waals surface area contributed by atoms with Crippen LogP contribution in [0.4, 0.5) is 0 Å². The minimum atomic E-state index is -1.30. The Hall–Kier alpha value is -2.77. The molecular formula is C35H65N7O6. The Balaban J connectivity index is 2.66. The molecule has 7 N–H and O–H groups in total. The van der Waals surface area contributed by atoms with Crippen molar-refractivity contribution in [3.8, 4) is 0 Å². The molecule has 2 aliphatic rings. The molecule has 1 saturated carbocycles. The molecule has 0 aromatic carbocycles. The lowest BCUT2D eigenvalue weighted by Crippen LogP contribution is -2.64. The molecule has 2 fully saturated rings. The normalized spacial score (nSPS) is 29.0. The smallest absolute Gasteiger partial charge is 0.245 e. The van der Waals surface area contributed by atoms with Crippen molar-refractivity contribution < 1.29 is 29.1 Å². The second-order valence-corrected chi connectivity index (χ2v) is 14.4. The van der Waals surface area contributed by atoms with Crippen LogP contribution in [0, 0.1) is 11.8 Å². The van der Waals surface area contributed by atoms with Gasteiger partial charge in [0.1, 0.15) is 24.2 Å². The van der Waals surface area contributed by atoms with E-state index in [1.165, 1.54) is 6.92 Å². The zero-order chi connectivity index (χ0) is 36.0. The lowest BCUT2D eigenvalue weighted by molar-refractivity contribution is -0.145. The van der Waals surface area contributed by atoms with Crippen LogP contribution in [0.1, 0.15) is 112 Å². The van der Waals surface area contributed by atoms with Gasteiger partial charge in [0.25, 0.3) is 0 Å². The van der Waals surface area contributed by atoms with Gasteiger partial charge in [-0.3, -0.25) is 28.9 Å². The van der Waals surface area contributed by atoms with Crippen molar-refractivity contribution in [2.45, 2.75) is 155 Å². The van der Waals surface area contributed by atoms with E-state index in [0.29, 0.717) is 25.9 Å². The molecule has 7 atom stereocenters. The number of nitrogens with two attached hydrogens (primary N) is 1. The summed E-state index contributed by atoms with van der Waals surface area (Å²) in [5.41, 5.74) is 5.94. The Labute approximate surface area is 288 Å². The summed E-state index contributed by atoms with van der Waals surface area (Å²) in [7, 11) is 1.67. The van der Waals surface area contributed by atoms with E-state index < -0.39 is 66.0 Å². The number of rotatable bonds is 11. The van der Waals surface area contributed by atoms with Gasteiger partial charge < -0.3 is 37.0 Å². The van der Waals surface area contributed by atoms with Gasteiger partial charge in [0.05, 0.1) is 12.1 Å². The molecule has 0 radical (unpaired) electrons. The Morgan fingerprint density at radius 2 is 1.48 bits per heavy atom. The number of nitrogens with zero attached hydrogens (tertiary/aromatic N) is 2. The largest absolute Gasteiger partial charge is 0.391 e. The van der Waals surface area contributed by atoms with E-state index in [1.54, 1.807) is 11.9 Å². The highest BCUT2D eigenvalue weighted by molar-refractivity contribution is 5.96. The highest BCUT2D eigenvalue weighted by Gasteiger charge is 2.39. The number of amides is 5. The molecule has 0 aromatic rings. The zero-order valence-electron chi connectivity index (χ0n) is 30.6. The number of likely N-dealkylation sites (N-methyl/N-ethyl adjacent to an activating group) is 1. The fraction of sp³-hybridized carbons (Fsp3) is 0.857. The van der Waals surface area contributed by atoms with Crippen molar-refractivity contribution in [2.75, 3.05) is 26.7 Å². The fourth-order valence-electron chi connectivity index (χ4n) is 6.87. The summed E-state index contributed by atoms with van der Waals surface area (Å²) < 4.78 is 0. The molecule has 5 amide bonds. The molecule has 276 valence electrons. The second-order valence-electron chi connectivity index (χ2n) is 14.4. The maximum atomic E-state index is 14.5. The van der Waals surface area contributed by atoms with Crippen LogP contribution in [0.3, 0.4) is 0 Å². The number of hydrogen-bond donors (Lipinski definition) is 6. The van der Waals surface area contributed by atoms with E-state index in [1.807, 2.05) is 20.8 Å². The third-order valence-electron chi connectivity index (χ3n) is 9.70. The summed E-state index contributed by atoms with van der Waals surface area (Å²) in [6, 6.07) is -5.23. The first-order valence-corrected chi connectivity index (χ1v) is 18.4. The quantitative estimate of drug-likeness (QED) is 0.189. The highest BCUT2D eigenvalue weighted by atomic mass is 16.3. The van der Waals surface area contributed by atoms with Crippen LogP contribution in [0.5, 0.6) is 0 Å². The minimum Gasteiger partial charge on any atom is -0.391 e. The van der Waals surface area contributed by atoms with Crippen molar-refractivity contribution in [1.29, 1.82) is 0 Å². The van der Waals surface area contributed by atoms with E-state index in [2.05, 4.69) is 40.0 Å². The van der Waals surface area contributed by atoms with Gasteiger partial charge >= 0.3 is 0 Å². The molecule has 0 spiro atoms. The van der Waals surface area contributed by atoms with Crippen LogP contribution in [-0.2, 0) is 24.0 Å². The SMILES string of the molecule is CCCC[C@H]1C(=O)N(C)[C@@H](CC(C)C)C(=O)NC(C2CCCCC2)C(=O)N[C@@H](CN)C(=O)N[C@@H]([C@H](C)O)C(=O)N[C@H](C)CN1CCCC. The van der Waals surface area contributed by atoms with Gasteiger partial charge in [-0.25, -0.2) is 0 Å². The molecular weight excluding hydrogens is 614 g/mol. The van der Waals surface area contributed by atoms with Crippen molar-refractivity contribution in [3.05, 3.63) is 0 Å². The van der Waals surface area contributed by atoms with Crippen molar-refractivity contribution >= 4 is 29.5 Å². The predicted molar refractivity (Wildman–Crippen MR) is 187 cm³/mol. The standard InChI is InChI=1S/C35H65N7O6/c1-8-10-17-27-35(48)41(7)28(19-22(3)4)32(45)40-30(25-15-13-12-14-16-25)34(47)38-26(20-36)31(44)39-29(24(6)43)33(46)37-23(5)21-42(27)18-11-9-2/h22-30,43H,8-21,36H2,1-7H3,(H,37,46)(H,38,47)(H,39,44)(H,40,45)/t23-,24+,26+,27+,28+,29+,30?/m1/s1. The summed E-state index contributed by atoms with van der Waals surface area (Å²) in [6.07, 6.45) is 7.50. The van der Waals surface area contributed by atoms with Crippen LogP contribution in [0.2, 0.25) is 0 Å². The third-order valence-corrected chi connectivity index (χ3v) is 9.70. The summed E-state index contributed by atoms with van der Waals surface area (Å²) >= 11 is 0. The van der Waals surface area contributed by atoms with Crippen LogP contribution < -0.4 is 27.0 Å². The van der Waals surface area contributed by atoms with Crippen molar-refractivity contribution in [1.82, 2.24) is 31.1 Å². The number of carbonyl (C=O) groups excluding carboxylic acids is 5. The van der Waals surface area contributed by atoms with Gasteiger partial charge in [-0.05, 0) is 64.3 Å². The Morgan fingerprint density at radius 3 is 2.04 bits per heavy atom. The molecule has 1 aliphatic heterocycles. The van der Waals surface area contributed by atoms with Crippen LogP contribution >= 0.6 is 0 Å². The average molecular weight is 680 g/mol. The minimum absolute atomic E-state index is 0.0866. The maximum Gasteiger partial charge on any atom is 0.245 e. The number of aliphatic hydroxyl groups is 1. The molecule has 1 heterocycles. The molecule has 2 rings (SSSR count). The van der Waals surface area contributed by atoms with Gasteiger partial charge in [-0.2, -0.15) is 0 Å². The number of hydrogen-bond acceptors (Lipinski definition) is 8. The third kappa shape index (κ3) is 12.3. The van der Waals surface area contributed by atoms with Crippen LogP contribution in [0.15, 0.2) is 0 Å². The van der Waals surface area contributed by atoms with Gasteiger partial charge in [-0.15, -0.1) is 0 Å². The Bertz CT molecular complexity index is 1050. The fourth-order valence-corrected chi connectivity index (χ4v) is 6.87. The second kappa shape index (κ2) is 20.7. The molecule has 13 nitrogen and oxygen atoms in total. The number of aliphatic hydroxyl groups excluding tert-OH is 1. The summed E-state index contributed by atoms with van der Waals surface area (Å²) in [5.74, 6) is -2.47. The first kappa shape index (κ1) is 41.4. The summed E-state index contributed by atoms with van der Waals surface area (Å²) in [6.45, 7) is 12.1. The molecule has 1 aliphatic carbocycles. The van der Waals surface area contributed by atoms with Gasteiger partial charge in [0.15, 0.2) is 0 Å². The van der Waals surface area contributed by atoms with Crippen molar-refractivity contribution in [2.24, 2.45) is 17.6 Å². The summed E-state index contributed by atoms with van der Waals surface area (Å²) in [4.78, 5) is 73.1. The zero-order valence-corrected chi connectivity index (χ0v) is 30.6. The monoisotopic (exact) mass is 679 g/mol. The topological polar surface area (TPSA) is 186 Å². The highest BCUT2D eigenvalue weighted by Crippen LogP contribution is 2.27. The molecule has 0 bridgehead atoms. The molecule has 1 saturated heterocycles. The number of carbonyl (C=O) groups is 5. The lowest BCUT2D eigenvalue weighted by atomic mass is 9.83. The molecule has 13 heteroatoms. The number of nitrogens with one attached hydrogen (secondary N) is 4. The van der Waals surface area contributed by atoms with Gasteiger partial charge in [-0.1, -0.05) is 66.2 Å². The molecule has 0 aromatic heterocycles. The lowest BCUT2D eigenvalue weighted by Gasteiger charge is -2.39.